The molecule has 0 aromatic carbocycles. The Balaban J connectivity index is 1.57. The lowest BCUT2D eigenvalue weighted by atomic mass is 10.2. The topological polar surface area (TPSA) is 54.0 Å². The molecule has 2 heterocycles. The van der Waals surface area contributed by atoms with Crippen molar-refractivity contribution < 1.29 is 14.3 Å². The number of nitrogens with one attached hydrogen (secondary N) is 1. The third-order valence-corrected chi connectivity index (χ3v) is 4.03. The zero-order chi connectivity index (χ0) is 16.0. The SMILES string of the molecule is CC(C)(C)OC(=O)N1CC[C@H](NCCCN2CCOCC2)C1. The minimum atomic E-state index is -0.416. The normalized spacial score (nSPS) is 23.8. The first-order chi connectivity index (χ1) is 10.4. The molecule has 0 unspecified atom stereocenters. The van der Waals surface area contributed by atoms with Gasteiger partial charge in [-0.1, -0.05) is 0 Å². The Hall–Kier alpha value is -0.850. The molecule has 0 bridgehead atoms. The molecule has 0 aromatic heterocycles. The molecule has 0 saturated carbocycles. The number of carbonyl (C=O) groups excluding carboxylic acids is 1. The maximum absolute atomic E-state index is 12.0. The van der Waals surface area contributed by atoms with E-state index in [0.717, 1.165) is 65.3 Å². The lowest BCUT2D eigenvalue weighted by Gasteiger charge is -2.26. The van der Waals surface area contributed by atoms with Crippen molar-refractivity contribution in [1.82, 2.24) is 15.1 Å². The first-order valence-electron chi connectivity index (χ1n) is 8.45. The summed E-state index contributed by atoms with van der Waals surface area (Å²) in [7, 11) is 0. The zero-order valence-electron chi connectivity index (χ0n) is 14.3. The highest BCUT2D eigenvalue weighted by molar-refractivity contribution is 5.68. The van der Waals surface area contributed by atoms with Crippen molar-refractivity contribution >= 4 is 6.09 Å². The predicted molar refractivity (Wildman–Crippen MR) is 86.1 cm³/mol. The lowest BCUT2D eigenvalue weighted by molar-refractivity contribution is 0.0291. The fourth-order valence-corrected chi connectivity index (χ4v) is 2.85. The van der Waals surface area contributed by atoms with Gasteiger partial charge in [0.05, 0.1) is 13.2 Å². The second-order valence-electron chi connectivity index (χ2n) is 7.17. The van der Waals surface area contributed by atoms with Gasteiger partial charge in [-0.05, 0) is 46.7 Å². The molecular formula is C16H31N3O3. The van der Waals surface area contributed by atoms with Gasteiger partial charge in [-0.3, -0.25) is 4.90 Å². The maximum atomic E-state index is 12.0. The van der Waals surface area contributed by atoms with Crippen LogP contribution in [0.4, 0.5) is 4.79 Å². The van der Waals surface area contributed by atoms with Gasteiger partial charge in [0.25, 0.3) is 0 Å². The summed E-state index contributed by atoms with van der Waals surface area (Å²) in [5.41, 5.74) is -0.416. The van der Waals surface area contributed by atoms with Gasteiger partial charge >= 0.3 is 6.09 Å². The van der Waals surface area contributed by atoms with E-state index in [9.17, 15) is 4.79 Å². The van der Waals surface area contributed by atoms with Crippen LogP contribution in [0.15, 0.2) is 0 Å². The van der Waals surface area contributed by atoms with E-state index in [0.29, 0.717) is 6.04 Å². The number of rotatable bonds is 5. The molecule has 6 nitrogen and oxygen atoms in total. The second kappa shape index (κ2) is 8.13. The second-order valence-corrected chi connectivity index (χ2v) is 7.17. The fourth-order valence-electron chi connectivity index (χ4n) is 2.85. The van der Waals surface area contributed by atoms with Crippen molar-refractivity contribution in [3.63, 3.8) is 0 Å². The maximum Gasteiger partial charge on any atom is 0.410 e. The third-order valence-electron chi connectivity index (χ3n) is 4.03. The van der Waals surface area contributed by atoms with Gasteiger partial charge in [0.15, 0.2) is 0 Å². The summed E-state index contributed by atoms with van der Waals surface area (Å²) < 4.78 is 10.8. The van der Waals surface area contributed by atoms with Crippen LogP contribution in [0.1, 0.15) is 33.6 Å². The molecule has 0 aliphatic carbocycles. The van der Waals surface area contributed by atoms with Gasteiger partial charge in [0.2, 0.25) is 0 Å². The molecule has 1 N–H and O–H groups in total. The van der Waals surface area contributed by atoms with Crippen LogP contribution < -0.4 is 5.32 Å². The van der Waals surface area contributed by atoms with Gasteiger partial charge in [-0.2, -0.15) is 0 Å². The monoisotopic (exact) mass is 313 g/mol. The van der Waals surface area contributed by atoms with Crippen LogP contribution >= 0.6 is 0 Å². The number of morpholine rings is 1. The Morgan fingerprint density at radius 2 is 2.00 bits per heavy atom. The van der Waals surface area contributed by atoms with Crippen molar-refractivity contribution in [1.29, 1.82) is 0 Å². The highest BCUT2D eigenvalue weighted by atomic mass is 16.6. The van der Waals surface area contributed by atoms with Crippen LogP contribution in [0, 0.1) is 0 Å². The van der Waals surface area contributed by atoms with E-state index >= 15 is 0 Å². The Labute approximate surface area is 134 Å². The average Bonchev–Trinajstić information content (AvgIpc) is 2.92. The van der Waals surface area contributed by atoms with E-state index in [1.54, 1.807) is 0 Å². The number of ether oxygens (including phenoxy) is 2. The molecule has 2 saturated heterocycles. The summed E-state index contributed by atoms with van der Waals surface area (Å²) in [5, 5.41) is 3.56. The molecule has 0 spiro atoms. The molecule has 128 valence electrons. The largest absolute Gasteiger partial charge is 0.444 e. The van der Waals surface area contributed by atoms with Crippen molar-refractivity contribution in [3.05, 3.63) is 0 Å². The van der Waals surface area contributed by atoms with Gasteiger partial charge in [-0.15, -0.1) is 0 Å². The highest BCUT2D eigenvalue weighted by Crippen LogP contribution is 2.15. The van der Waals surface area contributed by atoms with E-state index in [4.69, 9.17) is 9.47 Å². The van der Waals surface area contributed by atoms with Crippen LogP contribution in [0.3, 0.4) is 0 Å². The molecule has 2 fully saturated rings. The molecule has 1 amide bonds. The smallest absolute Gasteiger partial charge is 0.410 e. The quantitative estimate of drug-likeness (QED) is 0.776. The van der Waals surface area contributed by atoms with Gasteiger partial charge in [-0.25, -0.2) is 4.79 Å². The summed E-state index contributed by atoms with van der Waals surface area (Å²) in [6, 6.07) is 0.400. The van der Waals surface area contributed by atoms with Crippen molar-refractivity contribution in [2.45, 2.75) is 45.3 Å². The Bertz CT molecular complexity index is 351. The van der Waals surface area contributed by atoms with Crippen LogP contribution in [0.5, 0.6) is 0 Å². The summed E-state index contributed by atoms with van der Waals surface area (Å²) in [4.78, 5) is 16.3. The molecule has 0 aromatic rings. The van der Waals surface area contributed by atoms with E-state index in [1.807, 2.05) is 25.7 Å². The first kappa shape index (κ1) is 17.5. The summed E-state index contributed by atoms with van der Waals surface area (Å²) in [6.07, 6.45) is 1.96. The number of amides is 1. The molecule has 1 atom stereocenters. The third kappa shape index (κ3) is 6.10. The summed E-state index contributed by atoms with van der Waals surface area (Å²) in [5.74, 6) is 0. The molecular weight excluding hydrogens is 282 g/mol. The molecule has 2 rings (SSSR count). The predicted octanol–water partition coefficient (Wildman–Crippen LogP) is 1.31. The number of hydrogen-bond donors (Lipinski definition) is 1. The van der Waals surface area contributed by atoms with Crippen LogP contribution in [-0.2, 0) is 9.47 Å². The number of nitrogens with zero attached hydrogens (tertiary/aromatic N) is 2. The Morgan fingerprint density at radius 1 is 1.27 bits per heavy atom. The fraction of sp³-hybridized carbons (Fsp3) is 0.938. The number of carbonyl (C=O) groups is 1. The van der Waals surface area contributed by atoms with Crippen molar-refractivity contribution in [3.8, 4) is 0 Å². The zero-order valence-corrected chi connectivity index (χ0v) is 14.3. The minimum absolute atomic E-state index is 0.190. The molecule has 6 heteroatoms. The molecule has 0 radical (unpaired) electrons. The Kier molecular flexibility index (Phi) is 6.47. The van der Waals surface area contributed by atoms with Crippen LogP contribution in [-0.4, -0.2) is 80.0 Å². The van der Waals surface area contributed by atoms with Gasteiger partial charge in [0, 0.05) is 32.2 Å². The highest BCUT2D eigenvalue weighted by Gasteiger charge is 2.29. The first-order valence-corrected chi connectivity index (χ1v) is 8.45. The van der Waals surface area contributed by atoms with E-state index < -0.39 is 5.60 Å². The minimum Gasteiger partial charge on any atom is -0.444 e. The summed E-state index contributed by atoms with van der Waals surface area (Å²) >= 11 is 0. The van der Waals surface area contributed by atoms with E-state index in [2.05, 4.69) is 10.2 Å². The average molecular weight is 313 g/mol. The van der Waals surface area contributed by atoms with Crippen LogP contribution in [0.2, 0.25) is 0 Å². The van der Waals surface area contributed by atoms with Gasteiger partial charge < -0.3 is 19.7 Å². The van der Waals surface area contributed by atoms with Crippen LogP contribution in [0.25, 0.3) is 0 Å². The molecule has 2 aliphatic rings. The van der Waals surface area contributed by atoms with Gasteiger partial charge in [0.1, 0.15) is 5.60 Å². The number of hydrogen-bond acceptors (Lipinski definition) is 5. The Morgan fingerprint density at radius 3 is 2.68 bits per heavy atom. The van der Waals surface area contributed by atoms with Crippen molar-refractivity contribution in [2.75, 3.05) is 52.5 Å². The van der Waals surface area contributed by atoms with Crippen molar-refractivity contribution in [2.24, 2.45) is 0 Å². The molecule has 2 aliphatic heterocycles. The molecule has 22 heavy (non-hydrogen) atoms. The summed E-state index contributed by atoms with van der Waals surface area (Å²) in [6.45, 7) is 13.2. The lowest BCUT2D eigenvalue weighted by Crippen LogP contribution is -2.40. The van der Waals surface area contributed by atoms with E-state index in [-0.39, 0.29) is 6.09 Å². The standard InChI is InChI=1S/C16H31N3O3/c1-16(2,3)22-15(20)19-8-5-14(13-19)17-6-4-7-18-9-11-21-12-10-18/h14,17H,4-13H2,1-3H3/t14-/m0/s1. The number of likely N-dealkylation sites (tertiary alicyclic amines) is 1. The van der Waals surface area contributed by atoms with E-state index in [1.165, 1.54) is 0 Å².